The number of carbonyl (C=O) groups excluding carboxylic acids is 1. The lowest BCUT2D eigenvalue weighted by Gasteiger charge is -2.40. The molecule has 2 bridgehead atoms. The molecular weight excluding hydrogens is 792 g/mol. The predicted octanol–water partition coefficient (Wildman–Crippen LogP) is 3.80. The van der Waals surface area contributed by atoms with Gasteiger partial charge in [-0.1, -0.05) is 50.6 Å². The summed E-state index contributed by atoms with van der Waals surface area (Å²) in [5.74, 6) is -2.10. The number of methoxy groups -OCH3 is 4. The number of fused-ring (bicyclic) bond motifs is 2. The van der Waals surface area contributed by atoms with Gasteiger partial charge in [0.25, 0.3) is 0 Å². The van der Waals surface area contributed by atoms with Crippen molar-refractivity contribution >= 4 is 5.97 Å². The fourth-order valence-electron chi connectivity index (χ4n) is 9.52. The zero-order chi connectivity index (χ0) is 44.8. The second kappa shape index (κ2) is 25.6. The van der Waals surface area contributed by atoms with Crippen molar-refractivity contribution in [2.75, 3.05) is 41.7 Å². The van der Waals surface area contributed by atoms with Gasteiger partial charge in [-0.2, -0.15) is 0 Å². The van der Waals surface area contributed by atoms with E-state index in [-0.39, 0.29) is 49.7 Å². The topological polar surface area (TPSA) is 201 Å². The number of esters is 1. The number of hydrogen-bond acceptors (Lipinski definition) is 15. The second-order valence-electron chi connectivity index (χ2n) is 17.9. The number of allylic oxidation sites excluding steroid dienone is 2. The summed E-state index contributed by atoms with van der Waals surface area (Å²) in [5.41, 5.74) is 0.746. The average Bonchev–Trinajstić information content (AvgIpc) is 3.25. The minimum absolute atomic E-state index is 0.0272. The molecule has 0 amide bonds. The van der Waals surface area contributed by atoms with Crippen molar-refractivity contribution < 1.29 is 73.0 Å². The average molecular weight is 871 g/mol. The first-order chi connectivity index (χ1) is 29.1. The SMILES string of the molecule is CO[C@H]1C[C@H](CC[C@H](C)[C@H](O)[C@H](C)[C@H]2OC(=O)C=C/C(C)=C/C[C@H](O[C@H]3OC[C@H](O)[C@@H](O)[C@@H]3O)C[C@@H]3C=CC[C@@H](C[C@H](OC)[C@@H](CO)[C@@H](OC)C[C@@H](OC)[C@@H]2C)O3)O[C@@H](C)C1. The molecule has 4 aliphatic heterocycles. The fourth-order valence-corrected chi connectivity index (χ4v) is 9.52. The number of cyclic esters (lactones) is 1. The highest BCUT2D eigenvalue weighted by Gasteiger charge is 2.42. The Hall–Kier alpha value is -1.83. The van der Waals surface area contributed by atoms with Crippen LogP contribution in [0.5, 0.6) is 0 Å². The van der Waals surface area contributed by atoms with Crippen LogP contribution >= 0.6 is 0 Å². The molecule has 0 aromatic rings. The molecule has 4 heterocycles. The monoisotopic (exact) mass is 871 g/mol. The van der Waals surface area contributed by atoms with E-state index in [9.17, 15) is 30.3 Å². The minimum Gasteiger partial charge on any atom is -0.458 e. The fraction of sp³-hybridized carbons (Fsp3) is 0.848. The van der Waals surface area contributed by atoms with Crippen molar-refractivity contribution in [3.05, 3.63) is 36.0 Å². The second-order valence-corrected chi connectivity index (χ2v) is 17.9. The van der Waals surface area contributed by atoms with E-state index in [4.69, 9.17) is 42.6 Å². The number of aliphatic hydroxyl groups excluding tert-OH is 5. The third-order valence-electron chi connectivity index (χ3n) is 13.4. The molecule has 5 N–H and O–H groups in total. The van der Waals surface area contributed by atoms with Gasteiger partial charge >= 0.3 is 5.97 Å². The largest absolute Gasteiger partial charge is 0.458 e. The lowest BCUT2D eigenvalue weighted by molar-refractivity contribution is -0.284. The van der Waals surface area contributed by atoms with Crippen LogP contribution in [-0.4, -0.2) is 165 Å². The maximum absolute atomic E-state index is 13.7. The van der Waals surface area contributed by atoms with E-state index in [2.05, 4.69) is 13.0 Å². The van der Waals surface area contributed by atoms with Gasteiger partial charge in [0.15, 0.2) is 6.29 Å². The lowest BCUT2D eigenvalue weighted by atomic mass is 9.78. The van der Waals surface area contributed by atoms with Gasteiger partial charge in [0.1, 0.15) is 24.4 Å². The maximum Gasteiger partial charge on any atom is 0.331 e. The third-order valence-corrected chi connectivity index (χ3v) is 13.4. The van der Waals surface area contributed by atoms with E-state index in [0.717, 1.165) is 24.8 Å². The summed E-state index contributed by atoms with van der Waals surface area (Å²) in [5, 5.41) is 53.8. The Bertz CT molecular complexity index is 1380. The number of carbonyl (C=O) groups is 1. The molecule has 352 valence electrons. The molecule has 61 heavy (non-hydrogen) atoms. The van der Waals surface area contributed by atoms with Gasteiger partial charge in [-0.3, -0.25) is 0 Å². The molecule has 19 atom stereocenters. The third kappa shape index (κ3) is 15.1. The van der Waals surface area contributed by atoms with E-state index in [1.165, 1.54) is 6.08 Å². The van der Waals surface area contributed by atoms with Gasteiger partial charge in [-0.15, -0.1) is 0 Å². The van der Waals surface area contributed by atoms with Gasteiger partial charge < -0.3 is 68.2 Å². The van der Waals surface area contributed by atoms with Gasteiger partial charge in [0, 0.05) is 71.5 Å². The summed E-state index contributed by atoms with van der Waals surface area (Å²) in [4.78, 5) is 13.7. The summed E-state index contributed by atoms with van der Waals surface area (Å²) in [6.07, 6.45) is 4.85. The minimum atomic E-state index is -1.47. The van der Waals surface area contributed by atoms with Gasteiger partial charge in [0.05, 0.1) is 74.3 Å². The van der Waals surface area contributed by atoms with Crippen molar-refractivity contribution in [2.24, 2.45) is 23.7 Å². The van der Waals surface area contributed by atoms with E-state index in [1.54, 1.807) is 34.5 Å². The van der Waals surface area contributed by atoms with E-state index in [0.29, 0.717) is 38.5 Å². The molecule has 0 spiro atoms. The molecule has 0 aromatic heterocycles. The summed E-state index contributed by atoms with van der Waals surface area (Å²) >= 11 is 0. The van der Waals surface area contributed by atoms with Gasteiger partial charge in [0.2, 0.25) is 0 Å². The van der Waals surface area contributed by atoms with E-state index >= 15 is 0 Å². The molecule has 15 heteroatoms. The number of ether oxygens (including phenoxy) is 9. The van der Waals surface area contributed by atoms with Crippen LogP contribution in [0.1, 0.15) is 92.4 Å². The van der Waals surface area contributed by atoms with Crippen LogP contribution in [0.4, 0.5) is 0 Å². The predicted molar refractivity (Wildman–Crippen MR) is 226 cm³/mol. The highest BCUT2D eigenvalue weighted by Crippen LogP contribution is 2.35. The molecule has 15 nitrogen and oxygen atoms in total. The van der Waals surface area contributed by atoms with Crippen LogP contribution < -0.4 is 0 Å². The summed E-state index contributed by atoms with van der Waals surface area (Å²) in [6, 6.07) is 0. The standard InChI is InChI=1S/C46H78O15/c1-26-13-16-34(60-46-44(52)43(51)37(48)25-57-46)20-31-11-10-12-32(59-31)22-39(55-8)36(24-47)40(56-9)23-38(54-7)29(4)45(61-41(49)18-14-26)30(5)42(50)27(2)15-17-33-21-35(53-6)19-28(3)58-33/h10-11,13-14,18,27-40,42-48,50-52H,12,15-17,19-25H2,1-9H3/b18-14?,26-13+/t27-,28-,29-,30-,31-,32-,33-,34-,35+,36+,37-,38+,39-,40-,42-,43+,44-,45-,46+/m0/s1. The number of hydrogen-bond donors (Lipinski definition) is 5. The van der Waals surface area contributed by atoms with Gasteiger partial charge in [-0.25, -0.2) is 4.79 Å². The smallest absolute Gasteiger partial charge is 0.331 e. The highest BCUT2D eigenvalue weighted by molar-refractivity contribution is 5.82. The Morgan fingerprint density at radius 3 is 2.21 bits per heavy atom. The maximum atomic E-state index is 13.7. The van der Waals surface area contributed by atoms with Crippen molar-refractivity contribution in [1.82, 2.24) is 0 Å². The zero-order valence-corrected chi connectivity index (χ0v) is 38.0. The van der Waals surface area contributed by atoms with Crippen LogP contribution in [0.15, 0.2) is 36.0 Å². The molecular formula is C46H78O15. The van der Waals surface area contributed by atoms with Crippen LogP contribution in [0.3, 0.4) is 0 Å². The molecule has 0 aromatic carbocycles. The summed E-state index contributed by atoms with van der Waals surface area (Å²) in [7, 11) is 6.54. The number of rotatable bonds is 13. The van der Waals surface area contributed by atoms with E-state index in [1.807, 2.05) is 39.8 Å². The molecule has 2 saturated heterocycles. The summed E-state index contributed by atoms with van der Waals surface area (Å²) in [6.45, 7) is 9.34. The molecule has 0 unspecified atom stereocenters. The molecule has 4 aliphatic rings. The van der Waals surface area contributed by atoms with Crippen molar-refractivity contribution in [2.45, 2.75) is 184 Å². The first-order valence-corrected chi connectivity index (χ1v) is 22.4. The molecule has 0 aliphatic carbocycles. The quantitative estimate of drug-likeness (QED) is 0.132. The van der Waals surface area contributed by atoms with Crippen LogP contribution in [-0.2, 0) is 47.4 Å². The van der Waals surface area contributed by atoms with Crippen molar-refractivity contribution in [3.63, 3.8) is 0 Å². The van der Waals surface area contributed by atoms with E-state index < -0.39 is 84.9 Å². The Morgan fingerprint density at radius 2 is 1.54 bits per heavy atom. The molecule has 0 saturated carbocycles. The lowest BCUT2D eigenvalue weighted by Crippen LogP contribution is -2.54. The molecule has 0 radical (unpaired) electrons. The first-order valence-electron chi connectivity index (χ1n) is 22.4. The Morgan fingerprint density at radius 1 is 0.836 bits per heavy atom. The Balaban J connectivity index is 1.63. The Labute approximate surface area is 363 Å². The van der Waals surface area contributed by atoms with Crippen LogP contribution in [0.25, 0.3) is 0 Å². The Kier molecular flexibility index (Phi) is 21.7. The van der Waals surface area contributed by atoms with Crippen molar-refractivity contribution in [1.29, 1.82) is 0 Å². The number of aliphatic hydroxyl groups is 5. The zero-order valence-electron chi connectivity index (χ0n) is 38.0. The van der Waals surface area contributed by atoms with Crippen LogP contribution in [0.2, 0.25) is 0 Å². The highest BCUT2D eigenvalue weighted by atomic mass is 16.7. The first kappa shape index (κ1) is 51.8. The molecule has 2 fully saturated rings. The van der Waals surface area contributed by atoms with Crippen molar-refractivity contribution in [3.8, 4) is 0 Å². The van der Waals surface area contributed by atoms with Crippen LogP contribution in [0, 0.1) is 23.7 Å². The molecule has 4 rings (SSSR count). The normalized spacial score (nSPS) is 41.2. The summed E-state index contributed by atoms with van der Waals surface area (Å²) < 4.78 is 54.8. The van der Waals surface area contributed by atoms with Gasteiger partial charge in [-0.05, 0) is 58.3 Å².